The lowest BCUT2D eigenvalue weighted by molar-refractivity contribution is 0.329. The van der Waals surface area contributed by atoms with Crippen molar-refractivity contribution in [3.05, 3.63) is 0 Å². The van der Waals surface area contributed by atoms with E-state index in [0.29, 0.717) is 0 Å². The summed E-state index contributed by atoms with van der Waals surface area (Å²) in [5.41, 5.74) is 0. The van der Waals surface area contributed by atoms with Crippen molar-refractivity contribution in [3.63, 3.8) is 0 Å². The van der Waals surface area contributed by atoms with Crippen LogP contribution in [0.5, 0.6) is 0 Å². The van der Waals surface area contributed by atoms with Gasteiger partial charge in [-0.3, -0.25) is 0 Å². The molecule has 2 heteroatoms. The van der Waals surface area contributed by atoms with Crippen molar-refractivity contribution in [2.24, 2.45) is 5.92 Å². The number of hydrogen-bond donors (Lipinski definition) is 0. The molecule has 0 saturated heterocycles. The van der Waals surface area contributed by atoms with Crippen LogP contribution in [0.25, 0.3) is 0 Å². The molecule has 0 spiro atoms. The van der Waals surface area contributed by atoms with E-state index in [-0.39, 0.29) is 4.84 Å². The summed E-state index contributed by atoms with van der Waals surface area (Å²) >= 11 is 11.3. The van der Waals surface area contributed by atoms with E-state index in [2.05, 4.69) is 0 Å². The second-order valence-electron chi connectivity index (χ2n) is 4.18. The largest absolute Gasteiger partial charge is 0.107 e. The van der Waals surface area contributed by atoms with Crippen LogP contribution in [-0.2, 0) is 0 Å². The Morgan fingerprint density at radius 2 is 1.69 bits per heavy atom. The zero-order valence-electron chi connectivity index (χ0n) is 8.27. The zero-order chi connectivity index (χ0) is 9.52. The van der Waals surface area contributed by atoms with Crippen LogP contribution in [-0.4, -0.2) is 4.84 Å². The van der Waals surface area contributed by atoms with Crippen molar-refractivity contribution in [1.82, 2.24) is 0 Å². The first-order chi connectivity index (χ1) is 6.29. The first-order valence-electron chi connectivity index (χ1n) is 5.57. The molecule has 1 aliphatic carbocycles. The Morgan fingerprint density at radius 1 is 1.00 bits per heavy atom. The van der Waals surface area contributed by atoms with Crippen LogP contribution in [0.15, 0.2) is 0 Å². The first kappa shape index (κ1) is 11.7. The summed E-state index contributed by atoms with van der Waals surface area (Å²) in [4.78, 5) is -0.147. The fraction of sp³-hybridized carbons (Fsp3) is 1.00. The lowest BCUT2D eigenvalue weighted by Crippen LogP contribution is -2.05. The predicted octanol–water partition coefficient (Wildman–Crippen LogP) is 4.93. The van der Waals surface area contributed by atoms with Gasteiger partial charge < -0.3 is 0 Å². The van der Waals surface area contributed by atoms with Crippen LogP contribution in [0.2, 0.25) is 0 Å². The summed E-state index contributed by atoms with van der Waals surface area (Å²) in [6.07, 6.45) is 12.2. The summed E-state index contributed by atoms with van der Waals surface area (Å²) in [5.74, 6) is 1.01. The molecule has 0 unspecified atom stereocenters. The molecule has 0 heterocycles. The molecular weight excluding hydrogens is 203 g/mol. The molecule has 78 valence electrons. The quantitative estimate of drug-likeness (QED) is 0.458. The van der Waals surface area contributed by atoms with Crippen LogP contribution in [0, 0.1) is 5.92 Å². The van der Waals surface area contributed by atoms with E-state index in [0.717, 1.165) is 12.3 Å². The maximum atomic E-state index is 5.66. The molecule has 1 saturated carbocycles. The van der Waals surface area contributed by atoms with Crippen molar-refractivity contribution in [3.8, 4) is 0 Å². The zero-order valence-corrected chi connectivity index (χ0v) is 9.79. The van der Waals surface area contributed by atoms with Gasteiger partial charge in [0.05, 0.1) is 0 Å². The molecule has 1 aliphatic rings. The third-order valence-electron chi connectivity index (χ3n) is 3.01. The Labute approximate surface area is 92.0 Å². The lowest BCUT2D eigenvalue weighted by atomic mass is 9.86. The van der Waals surface area contributed by atoms with Crippen LogP contribution in [0.4, 0.5) is 0 Å². The Morgan fingerprint density at radius 3 is 2.31 bits per heavy atom. The normalized spacial score (nSPS) is 19.6. The van der Waals surface area contributed by atoms with Gasteiger partial charge in [0, 0.05) is 0 Å². The molecule has 0 atom stereocenters. The van der Waals surface area contributed by atoms with Crippen LogP contribution in [0.3, 0.4) is 0 Å². The van der Waals surface area contributed by atoms with Crippen molar-refractivity contribution < 1.29 is 0 Å². The third kappa shape index (κ3) is 5.80. The highest BCUT2D eigenvalue weighted by Gasteiger charge is 2.12. The second kappa shape index (κ2) is 6.95. The maximum absolute atomic E-state index is 5.66. The topological polar surface area (TPSA) is 0 Å². The van der Waals surface area contributed by atoms with Gasteiger partial charge in [-0.2, -0.15) is 0 Å². The monoisotopic (exact) mass is 222 g/mol. The van der Waals surface area contributed by atoms with E-state index in [1.54, 1.807) is 0 Å². The average molecular weight is 223 g/mol. The fourth-order valence-electron chi connectivity index (χ4n) is 2.21. The van der Waals surface area contributed by atoms with E-state index in [9.17, 15) is 0 Å². The highest BCUT2D eigenvalue weighted by Crippen LogP contribution is 2.28. The van der Waals surface area contributed by atoms with Crippen LogP contribution in [0.1, 0.15) is 57.8 Å². The van der Waals surface area contributed by atoms with Crippen molar-refractivity contribution in [2.45, 2.75) is 62.6 Å². The molecule has 0 N–H and O–H groups in total. The van der Waals surface area contributed by atoms with Gasteiger partial charge in [-0.15, -0.1) is 23.2 Å². The molecule has 0 amide bonds. The van der Waals surface area contributed by atoms with Gasteiger partial charge >= 0.3 is 0 Å². The predicted molar refractivity (Wildman–Crippen MR) is 60.5 cm³/mol. The van der Waals surface area contributed by atoms with E-state index in [1.807, 2.05) is 0 Å². The summed E-state index contributed by atoms with van der Waals surface area (Å²) in [5, 5.41) is 0. The Bertz CT molecular complexity index is 117. The molecule has 13 heavy (non-hydrogen) atoms. The summed E-state index contributed by atoms with van der Waals surface area (Å²) < 4.78 is 0. The van der Waals surface area contributed by atoms with Gasteiger partial charge in [0.2, 0.25) is 0 Å². The summed E-state index contributed by atoms with van der Waals surface area (Å²) in [6, 6.07) is 0. The van der Waals surface area contributed by atoms with Gasteiger partial charge in [0.1, 0.15) is 4.84 Å². The lowest BCUT2D eigenvalue weighted by Gasteiger charge is -2.21. The SMILES string of the molecule is ClC(Cl)CCCCC1CCCCC1. The molecule has 0 nitrogen and oxygen atoms in total. The molecule has 0 aromatic heterocycles. The van der Waals surface area contributed by atoms with Gasteiger partial charge in [0.15, 0.2) is 0 Å². The minimum Gasteiger partial charge on any atom is -0.105 e. The highest BCUT2D eigenvalue weighted by atomic mass is 35.5. The van der Waals surface area contributed by atoms with Crippen LogP contribution < -0.4 is 0 Å². The smallest absolute Gasteiger partial charge is 0.105 e. The van der Waals surface area contributed by atoms with E-state index in [4.69, 9.17) is 23.2 Å². The van der Waals surface area contributed by atoms with Crippen molar-refractivity contribution in [2.75, 3.05) is 0 Å². The van der Waals surface area contributed by atoms with Gasteiger partial charge in [0.25, 0.3) is 0 Å². The first-order valence-corrected chi connectivity index (χ1v) is 6.44. The van der Waals surface area contributed by atoms with Gasteiger partial charge in [-0.25, -0.2) is 0 Å². The number of halogens is 2. The summed E-state index contributed by atoms with van der Waals surface area (Å²) in [7, 11) is 0. The molecule has 0 aromatic rings. The minimum absolute atomic E-state index is 0.147. The van der Waals surface area contributed by atoms with Gasteiger partial charge in [-0.05, 0) is 12.3 Å². The molecule has 0 aromatic carbocycles. The van der Waals surface area contributed by atoms with E-state index in [1.165, 1.54) is 51.4 Å². The molecular formula is C11H20Cl2. The average Bonchev–Trinajstić information content (AvgIpc) is 2.14. The van der Waals surface area contributed by atoms with E-state index < -0.39 is 0 Å². The van der Waals surface area contributed by atoms with Crippen molar-refractivity contribution in [1.29, 1.82) is 0 Å². The summed E-state index contributed by atoms with van der Waals surface area (Å²) in [6.45, 7) is 0. The third-order valence-corrected chi connectivity index (χ3v) is 3.45. The molecule has 0 aliphatic heterocycles. The Kier molecular flexibility index (Phi) is 6.23. The van der Waals surface area contributed by atoms with Crippen molar-refractivity contribution >= 4 is 23.2 Å². The molecule has 0 bridgehead atoms. The molecule has 0 radical (unpaired) electrons. The van der Waals surface area contributed by atoms with Gasteiger partial charge in [-0.1, -0.05) is 51.4 Å². The number of rotatable bonds is 5. The Hall–Kier alpha value is 0.580. The fourth-order valence-corrected chi connectivity index (χ4v) is 2.52. The number of hydrogen-bond acceptors (Lipinski definition) is 0. The van der Waals surface area contributed by atoms with Crippen LogP contribution >= 0.6 is 23.2 Å². The molecule has 1 fully saturated rings. The molecule has 1 rings (SSSR count). The van der Waals surface area contributed by atoms with E-state index >= 15 is 0 Å². The Balaban J connectivity index is 1.92. The maximum Gasteiger partial charge on any atom is 0.107 e. The highest BCUT2D eigenvalue weighted by molar-refractivity contribution is 6.44. The number of unbranched alkanes of at least 4 members (excludes halogenated alkanes) is 1. The standard InChI is InChI=1S/C11H20Cl2/c12-11(13)9-5-4-8-10-6-2-1-3-7-10/h10-11H,1-9H2. The minimum atomic E-state index is -0.147. The second-order valence-corrected chi connectivity index (χ2v) is 5.46. The number of alkyl halides is 2.